The van der Waals surface area contributed by atoms with Gasteiger partial charge in [-0.25, -0.2) is 4.98 Å². The van der Waals surface area contributed by atoms with Crippen molar-refractivity contribution in [2.24, 2.45) is 12.8 Å². The smallest absolute Gasteiger partial charge is 0.268 e. The zero-order valence-corrected chi connectivity index (χ0v) is 5.53. The monoisotopic (exact) mass is 140 g/mol. The topological polar surface area (TPSA) is 86.9 Å². The molecule has 1 aromatic heterocycles. The van der Waals surface area contributed by atoms with E-state index in [1.54, 1.807) is 7.05 Å². The lowest BCUT2D eigenvalue weighted by atomic mass is 10.5. The Morgan fingerprint density at radius 2 is 2.40 bits per heavy atom. The van der Waals surface area contributed by atoms with Gasteiger partial charge in [0.15, 0.2) is 0 Å². The number of anilines is 1. The minimum atomic E-state index is -0.563. The van der Waals surface area contributed by atoms with Gasteiger partial charge in [-0.1, -0.05) is 0 Å². The second-order valence-electron chi connectivity index (χ2n) is 1.96. The molecule has 0 unspecified atom stereocenters. The zero-order valence-electron chi connectivity index (χ0n) is 5.53. The van der Waals surface area contributed by atoms with Gasteiger partial charge in [0.25, 0.3) is 5.91 Å². The fraction of sp³-hybridized carbons (Fsp3) is 0.200. The van der Waals surface area contributed by atoms with E-state index in [2.05, 4.69) is 4.98 Å². The van der Waals surface area contributed by atoms with Crippen molar-refractivity contribution in [2.45, 2.75) is 0 Å². The van der Waals surface area contributed by atoms with E-state index in [0.717, 1.165) is 0 Å². The van der Waals surface area contributed by atoms with E-state index in [1.165, 1.54) is 10.8 Å². The molecule has 0 fully saturated rings. The summed E-state index contributed by atoms with van der Waals surface area (Å²) in [4.78, 5) is 14.1. The summed E-state index contributed by atoms with van der Waals surface area (Å²) < 4.78 is 1.53. The number of imidazole rings is 1. The van der Waals surface area contributed by atoms with Crippen LogP contribution in [0.4, 0.5) is 5.95 Å². The molecule has 5 heteroatoms. The molecule has 0 aliphatic heterocycles. The molecule has 0 aliphatic carbocycles. The Hall–Kier alpha value is -1.52. The molecule has 4 N–H and O–H groups in total. The predicted octanol–water partition coefficient (Wildman–Crippen LogP) is -0.899. The van der Waals surface area contributed by atoms with Crippen molar-refractivity contribution in [2.75, 3.05) is 5.73 Å². The van der Waals surface area contributed by atoms with Crippen molar-refractivity contribution in [1.82, 2.24) is 9.55 Å². The third-order valence-electron chi connectivity index (χ3n) is 1.16. The van der Waals surface area contributed by atoms with Crippen molar-refractivity contribution >= 4 is 11.9 Å². The Labute approximate surface area is 57.6 Å². The minimum Gasteiger partial charge on any atom is -0.369 e. The molecule has 10 heavy (non-hydrogen) atoms. The number of nitrogens with zero attached hydrogens (tertiary/aromatic N) is 2. The second kappa shape index (κ2) is 2.02. The van der Waals surface area contributed by atoms with Gasteiger partial charge in [-0.3, -0.25) is 4.79 Å². The maximum absolute atomic E-state index is 10.5. The molecular formula is C5H8N4O. The standard InChI is InChI=1S/C5H8N4O/c1-9-2-3(4(6)10)8-5(9)7/h2H,1H3,(H2,6,10)(H2,7,8). The van der Waals surface area contributed by atoms with Crippen LogP contribution in [0.3, 0.4) is 0 Å². The van der Waals surface area contributed by atoms with E-state index in [-0.39, 0.29) is 11.6 Å². The van der Waals surface area contributed by atoms with Gasteiger partial charge in [0.05, 0.1) is 0 Å². The first-order valence-corrected chi connectivity index (χ1v) is 2.70. The molecule has 5 nitrogen and oxygen atoms in total. The molecule has 0 atom stereocenters. The highest BCUT2D eigenvalue weighted by molar-refractivity contribution is 5.90. The Morgan fingerprint density at radius 3 is 2.60 bits per heavy atom. The van der Waals surface area contributed by atoms with Crippen molar-refractivity contribution in [3.05, 3.63) is 11.9 Å². The molecule has 0 saturated carbocycles. The molecule has 0 bridgehead atoms. The Balaban J connectivity index is 3.10. The number of hydrogen-bond acceptors (Lipinski definition) is 3. The molecule has 0 radical (unpaired) electrons. The maximum Gasteiger partial charge on any atom is 0.268 e. The average molecular weight is 140 g/mol. The van der Waals surface area contributed by atoms with E-state index in [0.29, 0.717) is 0 Å². The fourth-order valence-corrected chi connectivity index (χ4v) is 0.599. The van der Waals surface area contributed by atoms with Crippen LogP contribution in [0.25, 0.3) is 0 Å². The number of carbonyl (C=O) groups excluding carboxylic acids is 1. The molecule has 1 amide bonds. The normalized spacial score (nSPS) is 9.70. The summed E-state index contributed by atoms with van der Waals surface area (Å²) in [6.45, 7) is 0. The second-order valence-corrected chi connectivity index (χ2v) is 1.96. The van der Waals surface area contributed by atoms with E-state index < -0.39 is 5.91 Å². The van der Waals surface area contributed by atoms with Crippen LogP contribution in [0.1, 0.15) is 10.5 Å². The number of rotatable bonds is 1. The van der Waals surface area contributed by atoms with Gasteiger partial charge in [-0.05, 0) is 0 Å². The van der Waals surface area contributed by atoms with Crippen molar-refractivity contribution in [3.8, 4) is 0 Å². The van der Waals surface area contributed by atoms with Crippen LogP contribution >= 0.6 is 0 Å². The number of hydrogen-bond donors (Lipinski definition) is 2. The minimum absolute atomic E-state index is 0.194. The molecule has 0 aliphatic rings. The summed E-state index contributed by atoms with van der Waals surface area (Å²) in [6.07, 6.45) is 1.48. The summed E-state index contributed by atoms with van der Waals surface area (Å²) in [7, 11) is 1.69. The molecule has 1 rings (SSSR count). The molecule has 0 spiro atoms. The van der Waals surface area contributed by atoms with Gasteiger partial charge in [0.2, 0.25) is 5.95 Å². The first-order chi connectivity index (χ1) is 4.61. The van der Waals surface area contributed by atoms with E-state index in [1.807, 2.05) is 0 Å². The van der Waals surface area contributed by atoms with Gasteiger partial charge in [-0.2, -0.15) is 0 Å². The van der Waals surface area contributed by atoms with Crippen LogP contribution < -0.4 is 11.5 Å². The predicted molar refractivity (Wildman–Crippen MR) is 36.1 cm³/mol. The summed E-state index contributed by atoms with van der Waals surface area (Å²) in [5.74, 6) is -0.277. The largest absolute Gasteiger partial charge is 0.369 e. The highest BCUT2D eigenvalue weighted by atomic mass is 16.1. The van der Waals surface area contributed by atoms with Crippen LogP contribution in [0, 0.1) is 0 Å². The number of aryl methyl sites for hydroxylation is 1. The summed E-state index contributed by atoms with van der Waals surface area (Å²) in [5.41, 5.74) is 10.4. The van der Waals surface area contributed by atoms with Gasteiger partial charge < -0.3 is 16.0 Å². The number of carbonyl (C=O) groups is 1. The van der Waals surface area contributed by atoms with Gasteiger partial charge in [0.1, 0.15) is 5.69 Å². The van der Waals surface area contributed by atoms with E-state index in [4.69, 9.17) is 11.5 Å². The highest BCUT2D eigenvalue weighted by Crippen LogP contribution is 2.00. The Kier molecular flexibility index (Phi) is 1.33. The first-order valence-electron chi connectivity index (χ1n) is 2.70. The SMILES string of the molecule is Cn1cc(C(N)=O)nc1N. The lowest BCUT2D eigenvalue weighted by Gasteiger charge is -1.87. The molecule has 1 aromatic rings. The van der Waals surface area contributed by atoms with Crippen LogP contribution in [-0.4, -0.2) is 15.5 Å². The molecule has 1 heterocycles. The molecule has 54 valence electrons. The molecule has 0 saturated heterocycles. The van der Waals surface area contributed by atoms with Crippen LogP contribution in [0.15, 0.2) is 6.20 Å². The van der Waals surface area contributed by atoms with Crippen LogP contribution in [-0.2, 0) is 7.05 Å². The summed E-state index contributed by atoms with van der Waals surface area (Å²) in [5, 5.41) is 0. The highest BCUT2D eigenvalue weighted by Gasteiger charge is 2.05. The zero-order chi connectivity index (χ0) is 7.72. The van der Waals surface area contributed by atoms with Crippen molar-refractivity contribution in [3.63, 3.8) is 0 Å². The first kappa shape index (κ1) is 6.60. The van der Waals surface area contributed by atoms with E-state index >= 15 is 0 Å². The van der Waals surface area contributed by atoms with Crippen molar-refractivity contribution in [1.29, 1.82) is 0 Å². The van der Waals surface area contributed by atoms with Gasteiger partial charge in [-0.15, -0.1) is 0 Å². The number of nitrogens with two attached hydrogens (primary N) is 2. The number of nitrogen functional groups attached to an aromatic ring is 1. The van der Waals surface area contributed by atoms with Crippen LogP contribution in [0.2, 0.25) is 0 Å². The number of primary amides is 1. The summed E-state index contributed by atoms with van der Waals surface area (Å²) in [6, 6.07) is 0. The third-order valence-corrected chi connectivity index (χ3v) is 1.16. The lowest BCUT2D eigenvalue weighted by Crippen LogP contribution is -2.11. The lowest BCUT2D eigenvalue weighted by molar-refractivity contribution is 0.0996. The Morgan fingerprint density at radius 1 is 1.80 bits per heavy atom. The number of aromatic nitrogens is 2. The van der Waals surface area contributed by atoms with Crippen LogP contribution in [0.5, 0.6) is 0 Å². The third kappa shape index (κ3) is 0.928. The van der Waals surface area contributed by atoms with E-state index in [9.17, 15) is 4.79 Å². The average Bonchev–Trinajstić information content (AvgIpc) is 2.13. The van der Waals surface area contributed by atoms with Gasteiger partial charge >= 0.3 is 0 Å². The van der Waals surface area contributed by atoms with Gasteiger partial charge in [0, 0.05) is 13.2 Å². The summed E-state index contributed by atoms with van der Waals surface area (Å²) >= 11 is 0. The van der Waals surface area contributed by atoms with Crippen molar-refractivity contribution < 1.29 is 4.79 Å². The molecular weight excluding hydrogens is 132 g/mol. The quantitative estimate of drug-likeness (QED) is 0.530. The maximum atomic E-state index is 10.5. The molecule has 0 aromatic carbocycles. The number of amides is 1. The Bertz CT molecular complexity index is 245. The fourth-order valence-electron chi connectivity index (χ4n) is 0.599.